The molecule has 0 heterocycles. The van der Waals surface area contributed by atoms with Crippen LogP contribution in [0.2, 0.25) is 0 Å². The zero-order valence-corrected chi connectivity index (χ0v) is 24.3. The van der Waals surface area contributed by atoms with Gasteiger partial charge in [-0.1, -0.05) is 79.0 Å². The monoisotopic (exact) mass is 742 g/mol. The summed E-state index contributed by atoms with van der Waals surface area (Å²) in [5.74, 6) is -0.732. The van der Waals surface area contributed by atoms with Gasteiger partial charge in [0.1, 0.15) is 5.75 Å². The second-order valence-corrected chi connectivity index (χ2v) is 11.6. The van der Waals surface area contributed by atoms with Gasteiger partial charge in [0, 0.05) is 5.56 Å². The van der Waals surface area contributed by atoms with Crippen LogP contribution in [0.25, 0.3) is 0 Å². The normalized spacial score (nSPS) is 9.47. The molecule has 14 heteroatoms. The van der Waals surface area contributed by atoms with Crippen molar-refractivity contribution in [2.24, 2.45) is 0 Å². The lowest BCUT2D eigenvalue weighted by atomic mass is 10.1. The van der Waals surface area contributed by atoms with Crippen LogP contribution in [0, 0.1) is 27.7 Å². The van der Waals surface area contributed by atoms with E-state index in [0.717, 1.165) is 11.1 Å². The Morgan fingerprint density at radius 3 is 1.45 bits per heavy atom. The lowest BCUT2D eigenvalue weighted by Crippen LogP contribution is -2.12. The van der Waals surface area contributed by atoms with Crippen LogP contribution in [-0.2, 0) is 20.2 Å². The predicted octanol–water partition coefficient (Wildman–Crippen LogP) is 10.7. The van der Waals surface area contributed by atoms with Gasteiger partial charge in [-0.15, -0.1) is 0 Å². The second-order valence-electron chi connectivity index (χ2n) is 8.76. The molecule has 3 rings (SSSR count). The number of rotatable bonds is 12. The summed E-state index contributed by atoms with van der Waals surface area (Å²) in [7, 11) is -6.05. The topological polar surface area (TPSA) is 164 Å². The molecule has 0 bridgehead atoms. The summed E-state index contributed by atoms with van der Waals surface area (Å²) in [4.78, 5) is 0. The zero-order chi connectivity index (χ0) is 29.8. The molecule has 0 aromatic heterocycles. The Morgan fingerprint density at radius 2 is 0.959 bits per heavy atom. The molecule has 0 spiro atoms. The third-order valence-corrected chi connectivity index (χ3v) is 6.36. The third-order valence-electron chi connectivity index (χ3n) is 5.53. The minimum atomic E-state index is -4.53. The van der Waals surface area contributed by atoms with Gasteiger partial charge in [-0.3, -0.25) is 9.11 Å². The Balaban J connectivity index is -0.000000392. The molecule has 0 saturated carbocycles. The van der Waals surface area contributed by atoms with Gasteiger partial charge in [-0.25, -0.2) is 0 Å². The first-order valence-electron chi connectivity index (χ1n) is 11.6. The van der Waals surface area contributed by atoms with Crippen LogP contribution < -0.4 is 28.4 Å². The Hall–Kier alpha value is -3.72. The molecular formula is C35H66O12S2. The van der Waals surface area contributed by atoms with Gasteiger partial charge >= 0.3 is 20.2 Å². The van der Waals surface area contributed by atoms with E-state index in [1.807, 2.05) is 6.92 Å². The average Bonchev–Trinajstić information content (AvgIpc) is 2.85. The van der Waals surface area contributed by atoms with Gasteiger partial charge in [-0.05, 0) is 68.7 Å². The quantitative estimate of drug-likeness (QED) is 0.169. The first-order valence-corrected chi connectivity index (χ1v) is 14.8. The molecule has 0 aliphatic carbocycles. The second kappa shape index (κ2) is 24.4. The number of benzene rings is 3. The molecule has 2 N–H and O–H groups in total. The van der Waals surface area contributed by atoms with Crippen LogP contribution >= 0.6 is 0 Å². The van der Waals surface area contributed by atoms with Crippen LogP contribution in [0.4, 0.5) is 0 Å². The number of methoxy groups -OCH3 is 2. The van der Waals surface area contributed by atoms with E-state index < -0.39 is 32.1 Å². The summed E-state index contributed by atoms with van der Waals surface area (Å²) in [5.41, 5.74) is 2.40. The van der Waals surface area contributed by atoms with Gasteiger partial charge in [0.25, 0.3) is 0 Å². The molecule has 3 aromatic carbocycles. The number of hydrogen-bond acceptors (Lipinski definition) is 10. The summed E-state index contributed by atoms with van der Waals surface area (Å²) < 4.78 is 97.7. The van der Waals surface area contributed by atoms with Crippen LogP contribution in [0.1, 0.15) is 89.1 Å². The van der Waals surface area contributed by atoms with Gasteiger partial charge in [0.05, 0.1) is 14.2 Å². The van der Waals surface area contributed by atoms with Crippen molar-refractivity contribution in [3.63, 3.8) is 0 Å². The first-order chi connectivity index (χ1) is 18.6. The number of aryl methyl sites for hydroxylation is 3. The van der Waals surface area contributed by atoms with Crippen molar-refractivity contribution in [2.45, 2.75) is 94.5 Å². The van der Waals surface area contributed by atoms with Crippen molar-refractivity contribution in [3.8, 4) is 46.0 Å². The first kappa shape index (κ1) is 60.6. The standard InChI is InChI=1S/C26H30O12S2.9CH4/c1-15-11-17(3)23(22(12-15)35-13-39(27,28)29)38-19-9-10-20(25(18(19)4)36-14-40(30,31)32)37-21-8-7-16(2)24(33-5)26(21)34-6;;;;;;;;;/h7-12H,13-14H2,1-6H3,(H,27,28,29)(H,30,31,32);9*1H4. The maximum absolute atomic E-state index is 11.5. The van der Waals surface area contributed by atoms with E-state index in [9.17, 15) is 21.4 Å². The maximum atomic E-state index is 11.5. The minimum Gasteiger partial charge on any atom is -0.492 e. The highest BCUT2D eigenvalue weighted by Gasteiger charge is 2.22. The zero-order valence-electron chi connectivity index (χ0n) is 22.7. The van der Waals surface area contributed by atoms with Crippen molar-refractivity contribution >= 4 is 20.2 Å². The fourth-order valence-corrected chi connectivity index (χ4v) is 4.39. The third kappa shape index (κ3) is 16.0. The smallest absolute Gasteiger partial charge is 0.300 e. The van der Waals surface area contributed by atoms with E-state index in [1.165, 1.54) is 32.4 Å². The molecule has 290 valence electrons. The SMILES string of the molecule is C.C.C.C.C.C.C.C.C.COc1c(C)ccc(Oc2ccc(Oc3c(C)cc(C)cc3OCS(=O)(=O)O)c(C)c2OCS(=O)(=O)O)c1OC. The molecule has 0 saturated heterocycles. The molecular weight excluding hydrogens is 677 g/mol. The Kier molecular flexibility index (Phi) is 30.2. The summed E-state index contributed by atoms with van der Waals surface area (Å²) >= 11 is 0. The summed E-state index contributed by atoms with van der Waals surface area (Å²) in [6.07, 6.45) is 0. The summed E-state index contributed by atoms with van der Waals surface area (Å²) in [6, 6.07) is 9.66. The molecule has 49 heavy (non-hydrogen) atoms. The molecule has 0 atom stereocenters. The largest absolute Gasteiger partial charge is 0.492 e. The molecule has 0 radical (unpaired) electrons. The Labute approximate surface area is 299 Å². The molecule has 0 fully saturated rings. The van der Waals surface area contributed by atoms with E-state index in [2.05, 4.69) is 0 Å². The predicted molar refractivity (Wildman–Crippen MR) is 206 cm³/mol. The Bertz CT molecular complexity index is 1620. The van der Waals surface area contributed by atoms with Gasteiger partial charge in [0.2, 0.25) is 17.6 Å². The molecule has 12 nitrogen and oxygen atoms in total. The van der Waals surface area contributed by atoms with Crippen molar-refractivity contribution in [1.82, 2.24) is 0 Å². The van der Waals surface area contributed by atoms with E-state index in [1.54, 1.807) is 39.0 Å². The van der Waals surface area contributed by atoms with E-state index in [4.69, 9.17) is 33.0 Å². The minimum absolute atomic E-state index is 0. The van der Waals surface area contributed by atoms with Gasteiger partial charge < -0.3 is 28.4 Å². The highest BCUT2D eigenvalue weighted by Crippen LogP contribution is 2.47. The van der Waals surface area contributed by atoms with Crippen LogP contribution in [-0.4, -0.2) is 52.0 Å². The van der Waals surface area contributed by atoms with Crippen molar-refractivity contribution in [1.29, 1.82) is 0 Å². The average molecular weight is 743 g/mol. The molecule has 0 unspecified atom stereocenters. The van der Waals surface area contributed by atoms with E-state index >= 15 is 0 Å². The maximum Gasteiger partial charge on any atom is 0.300 e. The van der Waals surface area contributed by atoms with Gasteiger partial charge in [0.15, 0.2) is 34.5 Å². The van der Waals surface area contributed by atoms with E-state index in [0.29, 0.717) is 11.3 Å². The number of ether oxygens (including phenoxy) is 6. The number of hydrogen-bond donors (Lipinski definition) is 2. The van der Waals surface area contributed by atoms with Crippen molar-refractivity contribution in [2.75, 3.05) is 26.1 Å². The van der Waals surface area contributed by atoms with Crippen LogP contribution in [0.15, 0.2) is 36.4 Å². The van der Waals surface area contributed by atoms with Crippen molar-refractivity contribution in [3.05, 3.63) is 58.7 Å². The van der Waals surface area contributed by atoms with Crippen LogP contribution in [0.3, 0.4) is 0 Å². The highest BCUT2D eigenvalue weighted by atomic mass is 32.2. The van der Waals surface area contributed by atoms with E-state index in [-0.39, 0.29) is 113 Å². The fraction of sp³-hybridized carbons (Fsp3) is 0.486. The Morgan fingerprint density at radius 1 is 0.510 bits per heavy atom. The summed E-state index contributed by atoms with van der Waals surface area (Å²) in [5, 5.41) is 0. The van der Waals surface area contributed by atoms with Gasteiger partial charge in [-0.2, -0.15) is 16.8 Å². The van der Waals surface area contributed by atoms with Crippen LogP contribution in [0.5, 0.6) is 46.0 Å². The fourth-order valence-electron chi connectivity index (χ4n) is 3.84. The molecule has 0 aliphatic rings. The highest BCUT2D eigenvalue weighted by molar-refractivity contribution is 7.85. The van der Waals surface area contributed by atoms with Crippen molar-refractivity contribution < 1.29 is 54.4 Å². The molecule has 0 aliphatic heterocycles. The lowest BCUT2D eigenvalue weighted by molar-refractivity contribution is 0.315. The lowest BCUT2D eigenvalue weighted by Gasteiger charge is -2.20. The molecule has 0 amide bonds. The molecule has 3 aromatic rings. The summed E-state index contributed by atoms with van der Waals surface area (Å²) in [6.45, 7) is 6.87.